The molecule has 1 aliphatic heterocycles. The maximum atomic E-state index is 11.9. The van der Waals surface area contributed by atoms with E-state index in [4.69, 9.17) is 0 Å². The molecule has 10 heteroatoms. The van der Waals surface area contributed by atoms with Crippen LogP contribution in [0.1, 0.15) is 6.42 Å². The van der Waals surface area contributed by atoms with Gasteiger partial charge in [0.1, 0.15) is 0 Å². The highest BCUT2D eigenvalue weighted by Crippen LogP contribution is 2.30. The molecule has 0 aliphatic carbocycles. The summed E-state index contributed by atoms with van der Waals surface area (Å²) in [7, 11) is 1.32. The molecular formula is C14H18N4O3S3. The molecule has 0 atom stereocenters. The number of aromatic nitrogens is 2. The summed E-state index contributed by atoms with van der Waals surface area (Å²) in [6.45, 7) is 4.87. The Morgan fingerprint density at radius 3 is 3.12 bits per heavy atom. The molecule has 2 rings (SSSR count). The molecule has 7 nitrogen and oxygen atoms in total. The Hall–Kier alpha value is -1.52. The van der Waals surface area contributed by atoms with E-state index in [1.54, 1.807) is 22.7 Å². The van der Waals surface area contributed by atoms with Crippen molar-refractivity contribution in [2.45, 2.75) is 10.8 Å². The fourth-order valence-corrected chi connectivity index (χ4v) is 4.52. The lowest BCUT2D eigenvalue weighted by Gasteiger charge is -2.16. The van der Waals surface area contributed by atoms with Crippen molar-refractivity contribution in [3.63, 3.8) is 0 Å². The second-order valence-electron chi connectivity index (χ2n) is 4.58. The fraction of sp³-hybridized carbons (Fsp3) is 0.429. The predicted octanol–water partition coefficient (Wildman–Crippen LogP) is 2.21. The van der Waals surface area contributed by atoms with Crippen LogP contribution in [0.15, 0.2) is 28.1 Å². The number of carbonyl (C=O) groups excluding carboxylic acids is 2. The molecule has 0 saturated carbocycles. The number of methoxy groups -OCH3 is 1. The maximum absolute atomic E-state index is 11.9. The van der Waals surface area contributed by atoms with E-state index in [0.29, 0.717) is 23.9 Å². The molecule has 0 spiro atoms. The van der Waals surface area contributed by atoms with Gasteiger partial charge in [-0.15, -0.1) is 16.8 Å². The summed E-state index contributed by atoms with van der Waals surface area (Å²) in [5.74, 6) is 0.757. The van der Waals surface area contributed by atoms with Gasteiger partial charge in [0.15, 0.2) is 4.34 Å². The number of ether oxygens (including phenoxy) is 1. The van der Waals surface area contributed by atoms with Crippen LogP contribution in [0.3, 0.4) is 0 Å². The van der Waals surface area contributed by atoms with Crippen LogP contribution in [0.5, 0.6) is 0 Å². The van der Waals surface area contributed by atoms with E-state index in [1.165, 1.54) is 36.3 Å². The van der Waals surface area contributed by atoms with Crippen LogP contribution in [-0.2, 0) is 14.3 Å². The molecular weight excluding hydrogens is 368 g/mol. The Kier molecular flexibility index (Phi) is 7.60. The molecule has 1 saturated heterocycles. The van der Waals surface area contributed by atoms with Crippen molar-refractivity contribution >= 4 is 51.9 Å². The Balaban J connectivity index is 1.77. The van der Waals surface area contributed by atoms with E-state index >= 15 is 0 Å². The van der Waals surface area contributed by atoms with Gasteiger partial charge in [-0.25, -0.2) is 4.79 Å². The normalized spacial score (nSPS) is 15.8. The van der Waals surface area contributed by atoms with E-state index in [-0.39, 0.29) is 5.91 Å². The lowest BCUT2D eigenvalue weighted by atomic mass is 10.4. The van der Waals surface area contributed by atoms with Gasteiger partial charge in [0.25, 0.3) is 0 Å². The first-order valence-corrected chi connectivity index (χ1v) is 9.96. The summed E-state index contributed by atoms with van der Waals surface area (Å²) >= 11 is 4.46. The van der Waals surface area contributed by atoms with Gasteiger partial charge in [-0.2, -0.15) is 0 Å². The number of esters is 1. The summed E-state index contributed by atoms with van der Waals surface area (Å²) < 4.78 is 5.50. The second kappa shape index (κ2) is 9.70. The third kappa shape index (κ3) is 5.53. The topological polar surface area (TPSA) is 84.4 Å². The number of carbonyl (C=O) groups is 2. The number of thioether (sulfide) groups is 2. The number of hydrogen-bond donors (Lipinski definition) is 1. The van der Waals surface area contributed by atoms with Crippen LogP contribution < -0.4 is 5.32 Å². The molecule has 1 aromatic rings. The minimum atomic E-state index is -0.444. The molecule has 1 amide bonds. The highest BCUT2D eigenvalue weighted by molar-refractivity contribution is 8.04. The molecule has 1 fully saturated rings. The quantitative estimate of drug-likeness (QED) is 0.227. The second-order valence-corrected chi connectivity index (χ2v) is 7.90. The van der Waals surface area contributed by atoms with Crippen LogP contribution in [-0.4, -0.2) is 58.7 Å². The van der Waals surface area contributed by atoms with Crippen molar-refractivity contribution in [1.82, 2.24) is 15.1 Å². The SMILES string of the molecule is C=CCNc1nnc(SCCCN2C(=O)CS/C2=C/C(=O)OC)s1. The lowest BCUT2D eigenvalue weighted by Crippen LogP contribution is -2.26. The van der Waals surface area contributed by atoms with E-state index < -0.39 is 5.97 Å². The molecule has 130 valence electrons. The van der Waals surface area contributed by atoms with Crippen LogP contribution in [0.25, 0.3) is 0 Å². The Bertz CT molecular complexity index is 633. The van der Waals surface area contributed by atoms with Crippen LogP contribution in [0, 0.1) is 0 Å². The molecule has 0 bridgehead atoms. The molecule has 1 aliphatic rings. The minimum absolute atomic E-state index is 0.0204. The van der Waals surface area contributed by atoms with Crippen molar-refractivity contribution in [1.29, 1.82) is 0 Å². The smallest absolute Gasteiger partial charge is 0.333 e. The summed E-state index contributed by atoms with van der Waals surface area (Å²) in [6, 6.07) is 0. The summed E-state index contributed by atoms with van der Waals surface area (Å²) in [4.78, 5) is 24.9. The van der Waals surface area contributed by atoms with Gasteiger partial charge in [0.05, 0.1) is 24.0 Å². The van der Waals surface area contributed by atoms with Crippen molar-refractivity contribution < 1.29 is 14.3 Å². The third-order valence-electron chi connectivity index (χ3n) is 2.91. The highest BCUT2D eigenvalue weighted by atomic mass is 32.2. The minimum Gasteiger partial charge on any atom is -0.466 e. The number of nitrogens with zero attached hydrogens (tertiary/aromatic N) is 3. The zero-order valence-electron chi connectivity index (χ0n) is 13.2. The number of amides is 1. The van der Waals surface area contributed by atoms with Gasteiger partial charge in [-0.3, -0.25) is 4.79 Å². The first kappa shape index (κ1) is 18.8. The zero-order chi connectivity index (χ0) is 17.4. The first-order valence-electron chi connectivity index (χ1n) is 7.18. The zero-order valence-corrected chi connectivity index (χ0v) is 15.6. The van der Waals surface area contributed by atoms with Gasteiger partial charge < -0.3 is 15.0 Å². The van der Waals surface area contributed by atoms with Crippen LogP contribution >= 0.6 is 34.9 Å². The summed E-state index contributed by atoms with van der Waals surface area (Å²) in [6.07, 6.45) is 3.92. The standard InChI is InChI=1S/C14H18N4O3S3/c1-3-5-15-13-16-17-14(24-13)22-7-4-6-18-10(19)9-23-11(18)8-12(20)21-2/h3,8H,1,4-7,9H2,2H3,(H,15,16)/b11-8+. The highest BCUT2D eigenvalue weighted by Gasteiger charge is 2.26. The van der Waals surface area contributed by atoms with E-state index in [9.17, 15) is 9.59 Å². The molecule has 2 heterocycles. The van der Waals surface area contributed by atoms with Gasteiger partial charge in [0, 0.05) is 18.8 Å². The van der Waals surface area contributed by atoms with Crippen molar-refractivity contribution in [2.24, 2.45) is 0 Å². The predicted molar refractivity (Wildman–Crippen MR) is 98.2 cm³/mol. The molecule has 0 unspecified atom stereocenters. The van der Waals surface area contributed by atoms with E-state index in [1.807, 2.05) is 0 Å². The Morgan fingerprint density at radius 2 is 2.38 bits per heavy atom. The van der Waals surface area contributed by atoms with Crippen LogP contribution in [0.4, 0.5) is 5.13 Å². The first-order chi connectivity index (χ1) is 11.6. The van der Waals surface area contributed by atoms with Crippen molar-refractivity contribution in [3.8, 4) is 0 Å². The number of nitrogens with one attached hydrogen (secondary N) is 1. The Morgan fingerprint density at radius 1 is 1.54 bits per heavy atom. The van der Waals surface area contributed by atoms with Gasteiger partial charge >= 0.3 is 5.97 Å². The lowest BCUT2D eigenvalue weighted by molar-refractivity contribution is -0.134. The van der Waals surface area contributed by atoms with Gasteiger partial charge in [-0.05, 0) is 6.42 Å². The summed E-state index contributed by atoms with van der Waals surface area (Å²) in [5.41, 5.74) is 0. The van der Waals surface area contributed by atoms with E-state index in [0.717, 1.165) is 21.6 Å². The largest absolute Gasteiger partial charge is 0.466 e. The summed E-state index contributed by atoms with van der Waals surface area (Å²) in [5, 5.41) is 12.7. The van der Waals surface area contributed by atoms with Crippen molar-refractivity contribution in [3.05, 3.63) is 23.8 Å². The number of rotatable bonds is 9. The average molecular weight is 387 g/mol. The maximum Gasteiger partial charge on any atom is 0.333 e. The molecule has 0 aromatic carbocycles. The van der Waals surface area contributed by atoms with E-state index in [2.05, 4.69) is 26.8 Å². The van der Waals surface area contributed by atoms with Gasteiger partial charge in [0.2, 0.25) is 11.0 Å². The molecule has 0 radical (unpaired) electrons. The molecule has 24 heavy (non-hydrogen) atoms. The molecule has 1 aromatic heterocycles. The third-order valence-corrected chi connectivity index (χ3v) is 6.03. The number of anilines is 1. The monoisotopic (exact) mass is 386 g/mol. The van der Waals surface area contributed by atoms with Gasteiger partial charge in [-0.1, -0.05) is 40.9 Å². The number of hydrogen-bond acceptors (Lipinski definition) is 9. The Labute approximate surface area is 152 Å². The van der Waals surface area contributed by atoms with Crippen molar-refractivity contribution in [2.75, 3.05) is 37.0 Å². The molecule has 1 N–H and O–H groups in total. The fourth-order valence-electron chi connectivity index (χ4n) is 1.81. The average Bonchev–Trinajstić information content (AvgIpc) is 3.17. The van der Waals surface area contributed by atoms with Crippen LogP contribution in [0.2, 0.25) is 0 Å².